The van der Waals surface area contributed by atoms with Crippen LogP contribution in [-0.4, -0.2) is 53.6 Å². The summed E-state index contributed by atoms with van der Waals surface area (Å²) in [5.41, 5.74) is 1.54. The van der Waals surface area contributed by atoms with Crippen molar-refractivity contribution in [3.8, 4) is 0 Å². The van der Waals surface area contributed by atoms with Crippen LogP contribution in [0.15, 0.2) is 109 Å². The number of rotatable bonds is 7. The van der Waals surface area contributed by atoms with Crippen molar-refractivity contribution in [2.45, 2.75) is 66.5 Å². The third-order valence-corrected chi connectivity index (χ3v) is 9.17. The summed E-state index contributed by atoms with van der Waals surface area (Å²) in [4.78, 5) is 57.3. The van der Waals surface area contributed by atoms with E-state index in [4.69, 9.17) is 0 Å². The van der Waals surface area contributed by atoms with Gasteiger partial charge in [-0.1, -0.05) is 71.8 Å². The smallest absolute Gasteiger partial charge is 0.267 e. The highest BCUT2D eigenvalue weighted by atomic mass is 33.1. The standard InChI is InChI=1S/C38H42N4O4S2/c1-27-17-15-23-31(25-27)33(43)39(37(3,4)5)41(35(45)29-19-11-9-12-20-29)47-48-42(36(46)30-21-13-10-14-22-30)40(38(6,7)8)34(44)32-24-16-18-28(2)26-32/h9-26H,1-8H3. The maximum atomic E-state index is 14.4. The predicted molar refractivity (Wildman–Crippen MR) is 195 cm³/mol. The van der Waals surface area contributed by atoms with Crippen LogP contribution < -0.4 is 0 Å². The zero-order valence-corrected chi connectivity index (χ0v) is 30.3. The van der Waals surface area contributed by atoms with Crippen molar-refractivity contribution in [1.82, 2.24) is 18.8 Å². The molecule has 250 valence electrons. The minimum Gasteiger partial charge on any atom is -0.267 e. The minimum absolute atomic E-state index is 0.348. The summed E-state index contributed by atoms with van der Waals surface area (Å²) in [5, 5.41) is 2.81. The molecule has 0 bridgehead atoms. The summed E-state index contributed by atoms with van der Waals surface area (Å²) in [7, 11) is 1.79. The van der Waals surface area contributed by atoms with Crippen LogP contribution in [0.1, 0.15) is 94.1 Å². The van der Waals surface area contributed by atoms with Gasteiger partial charge >= 0.3 is 0 Å². The van der Waals surface area contributed by atoms with E-state index < -0.39 is 34.7 Å². The van der Waals surface area contributed by atoms with E-state index in [2.05, 4.69) is 0 Å². The van der Waals surface area contributed by atoms with E-state index in [0.717, 1.165) is 33.1 Å². The second kappa shape index (κ2) is 15.1. The minimum atomic E-state index is -0.881. The molecule has 0 aliphatic rings. The fourth-order valence-corrected chi connectivity index (χ4v) is 7.31. The van der Waals surface area contributed by atoms with Crippen LogP contribution >= 0.6 is 22.0 Å². The van der Waals surface area contributed by atoms with Crippen LogP contribution in [0, 0.1) is 13.8 Å². The van der Waals surface area contributed by atoms with Crippen LogP contribution in [0.4, 0.5) is 0 Å². The molecule has 0 spiro atoms. The fourth-order valence-electron chi connectivity index (χ4n) is 4.88. The fraction of sp³-hybridized carbons (Fsp3) is 0.263. The highest BCUT2D eigenvalue weighted by molar-refractivity contribution is 8.75. The van der Waals surface area contributed by atoms with Crippen LogP contribution in [0.5, 0.6) is 0 Å². The highest BCUT2D eigenvalue weighted by Crippen LogP contribution is 2.40. The Bertz CT molecular complexity index is 1640. The molecular weight excluding hydrogens is 641 g/mol. The lowest BCUT2D eigenvalue weighted by atomic mass is 10.1. The van der Waals surface area contributed by atoms with Crippen molar-refractivity contribution in [1.29, 1.82) is 0 Å². The first-order valence-electron chi connectivity index (χ1n) is 15.6. The van der Waals surface area contributed by atoms with Crippen molar-refractivity contribution in [2.24, 2.45) is 0 Å². The molecule has 0 saturated heterocycles. The van der Waals surface area contributed by atoms with E-state index in [1.54, 1.807) is 97.1 Å². The lowest BCUT2D eigenvalue weighted by molar-refractivity contribution is -0.00155. The maximum absolute atomic E-state index is 14.4. The Balaban J connectivity index is 1.86. The van der Waals surface area contributed by atoms with Crippen LogP contribution in [0.2, 0.25) is 0 Å². The summed E-state index contributed by atoms with van der Waals surface area (Å²) < 4.78 is 2.57. The first-order valence-corrected chi connectivity index (χ1v) is 17.6. The van der Waals surface area contributed by atoms with E-state index in [1.807, 2.05) is 67.5 Å². The maximum Gasteiger partial charge on any atom is 0.283 e. The molecule has 0 N–H and O–H groups in total. The number of carbonyl (C=O) groups excluding carboxylic acids is 4. The summed E-state index contributed by atoms with van der Waals surface area (Å²) in [5.74, 6) is -1.73. The van der Waals surface area contributed by atoms with Crippen molar-refractivity contribution >= 4 is 45.6 Å². The number of hydrogen-bond acceptors (Lipinski definition) is 6. The van der Waals surface area contributed by atoms with Gasteiger partial charge in [0.15, 0.2) is 0 Å². The van der Waals surface area contributed by atoms with Crippen molar-refractivity contribution in [2.75, 3.05) is 0 Å². The Hall–Kier alpha value is -4.54. The number of carbonyl (C=O) groups is 4. The van der Waals surface area contributed by atoms with Crippen molar-refractivity contribution in [3.05, 3.63) is 143 Å². The molecule has 0 unspecified atom stereocenters. The van der Waals surface area contributed by atoms with E-state index >= 15 is 0 Å². The monoisotopic (exact) mass is 682 g/mol. The highest BCUT2D eigenvalue weighted by Gasteiger charge is 2.41. The number of amides is 4. The first-order chi connectivity index (χ1) is 22.6. The average Bonchev–Trinajstić information content (AvgIpc) is 3.04. The lowest BCUT2D eigenvalue weighted by Crippen LogP contribution is -2.57. The molecule has 4 aromatic rings. The van der Waals surface area contributed by atoms with Crippen LogP contribution in [0.25, 0.3) is 0 Å². The third-order valence-electron chi connectivity index (χ3n) is 7.11. The zero-order chi connectivity index (χ0) is 35.2. The molecule has 0 saturated carbocycles. The second-order valence-corrected chi connectivity index (χ2v) is 15.2. The molecule has 4 rings (SSSR count). The summed E-state index contributed by atoms with van der Waals surface area (Å²) in [6.07, 6.45) is 0. The van der Waals surface area contributed by atoms with Crippen LogP contribution in [0.3, 0.4) is 0 Å². The van der Waals surface area contributed by atoms with Gasteiger partial charge in [0.2, 0.25) is 0 Å². The molecule has 0 fully saturated rings. The molecule has 8 nitrogen and oxygen atoms in total. The van der Waals surface area contributed by atoms with Crippen molar-refractivity contribution < 1.29 is 19.2 Å². The van der Waals surface area contributed by atoms with E-state index in [0.29, 0.717) is 22.3 Å². The molecule has 0 radical (unpaired) electrons. The first kappa shape index (κ1) is 36.3. The summed E-state index contributed by atoms with van der Waals surface area (Å²) in [6.45, 7) is 14.8. The molecule has 0 aromatic heterocycles. The number of nitrogens with zero attached hydrogens (tertiary/aromatic N) is 4. The average molecular weight is 683 g/mol. The zero-order valence-electron chi connectivity index (χ0n) is 28.6. The van der Waals surface area contributed by atoms with Gasteiger partial charge < -0.3 is 0 Å². The molecule has 10 heteroatoms. The molecule has 4 amide bonds. The molecule has 0 aliphatic carbocycles. The Kier molecular flexibility index (Phi) is 11.4. The molecular formula is C38H42N4O4S2. The van der Waals surface area contributed by atoms with Gasteiger partial charge in [-0.2, -0.15) is 8.83 Å². The number of hydrogen-bond donors (Lipinski definition) is 0. The van der Waals surface area contributed by atoms with Gasteiger partial charge in [-0.15, -0.1) is 0 Å². The largest absolute Gasteiger partial charge is 0.283 e. The van der Waals surface area contributed by atoms with E-state index in [9.17, 15) is 19.2 Å². The van der Waals surface area contributed by atoms with Gasteiger partial charge in [0.1, 0.15) is 0 Å². The SMILES string of the molecule is Cc1cccc(C(=O)N(N(SSN(C(=O)c2ccccc2)N(C(=O)c2cccc(C)c2)C(C)(C)C)C(=O)c2ccccc2)C(C)(C)C)c1. The van der Waals surface area contributed by atoms with Gasteiger partial charge in [0, 0.05) is 22.3 Å². The molecule has 0 atom stereocenters. The molecule has 0 heterocycles. The quantitative estimate of drug-likeness (QED) is 0.110. The van der Waals surface area contributed by atoms with Gasteiger partial charge in [-0.05, 0) is 104 Å². The van der Waals surface area contributed by atoms with E-state index in [-0.39, 0.29) is 0 Å². The number of aryl methyl sites for hydroxylation is 2. The van der Waals surface area contributed by atoms with Gasteiger partial charge in [-0.25, -0.2) is 10.0 Å². The molecule has 0 aliphatic heterocycles. The van der Waals surface area contributed by atoms with Gasteiger partial charge in [0.25, 0.3) is 23.6 Å². The molecule has 48 heavy (non-hydrogen) atoms. The Labute approximate surface area is 291 Å². The van der Waals surface area contributed by atoms with Crippen molar-refractivity contribution in [3.63, 3.8) is 0 Å². The number of hydrazine groups is 2. The molecule has 4 aromatic carbocycles. The second-order valence-electron chi connectivity index (χ2n) is 13.4. The Morgan fingerprint density at radius 1 is 0.438 bits per heavy atom. The van der Waals surface area contributed by atoms with Gasteiger partial charge in [0.05, 0.1) is 33.0 Å². The third kappa shape index (κ3) is 8.67. The predicted octanol–water partition coefficient (Wildman–Crippen LogP) is 8.81. The van der Waals surface area contributed by atoms with Gasteiger partial charge in [-0.3, -0.25) is 19.2 Å². The lowest BCUT2D eigenvalue weighted by Gasteiger charge is -2.45. The summed E-state index contributed by atoms with van der Waals surface area (Å²) in [6, 6.07) is 31.7. The topological polar surface area (TPSA) is 81.2 Å². The van der Waals surface area contributed by atoms with Crippen LogP contribution in [-0.2, 0) is 0 Å². The Morgan fingerprint density at radius 3 is 1.04 bits per heavy atom. The Morgan fingerprint density at radius 2 is 0.750 bits per heavy atom. The summed E-state index contributed by atoms with van der Waals surface area (Å²) >= 11 is 0. The number of benzene rings is 4. The van der Waals surface area contributed by atoms with E-state index in [1.165, 1.54) is 18.8 Å². The normalized spacial score (nSPS) is 11.4.